The molecule has 2 amide bonds. The Morgan fingerprint density at radius 1 is 1.11 bits per heavy atom. The van der Waals surface area contributed by atoms with Gasteiger partial charge in [0.15, 0.2) is 23.0 Å². The molecule has 0 unspecified atom stereocenters. The number of hydrogen-bond acceptors (Lipinski definition) is 5. The molecule has 0 spiro atoms. The lowest BCUT2D eigenvalue weighted by Gasteiger charge is -2.19. The number of carbonyl (C=O) groups excluding carboxylic acids is 2. The Bertz CT molecular complexity index is 919. The van der Waals surface area contributed by atoms with Gasteiger partial charge in [-0.2, -0.15) is 0 Å². The predicted octanol–water partition coefficient (Wildman–Crippen LogP) is 2.38. The third-order valence-corrected chi connectivity index (χ3v) is 4.76. The van der Waals surface area contributed by atoms with E-state index >= 15 is 0 Å². The molecule has 148 valence electrons. The van der Waals surface area contributed by atoms with Crippen molar-refractivity contribution in [1.82, 2.24) is 14.9 Å². The molecule has 0 fully saturated rings. The molecule has 2 aromatic rings. The van der Waals surface area contributed by atoms with E-state index in [2.05, 4.69) is 15.6 Å². The molecule has 0 atom stereocenters. The maximum absolute atomic E-state index is 12.9. The minimum absolute atomic E-state index is 0.000897. The average molecular weight is 384 g/mol. The van der Waals surface area contributed by atoms with Crippen LogP contribution in [0.3, 0.4) is 0 Å². The van der Waals surface area contributed by atoms with Gasteiger partial charge in [0.25, 0.3) is 11.8 Å². The van der Waals surface area contributed by atoms with E-state index in [-0.39, 0.29) is 17.9 Å². The van der Waals surface area contributed by atoms with Crippen LogP contribution in [0.4, 0.5) is 5.69 Å². The summed E-state index contributed by atoms with van der Waals surface area (Å²) in [7, 11) is 0. The summed E-state index contributed by atoms with van der Waals surface area (Å²) in [5.74, 6) is 0.988. The second-order valence-electron chi connectivity index (χ2n) is 7.28. The molecule has 28 heavy (non-hydrogen) atoms. The van der Waals surface area contributed by atoms with Crippen LogP contribution in [0.25, 0.3) is 0 Å². The lowest BCUT2D eigenvalue weighted by atomic mass is 10.1. The Morgan fingerprint density at radius 2 is 1.89 bits per heavy atom. The highest BCUT2D eigenvalue weighted by Gasteiger charge is 2.28. The molecule has 1 aromatic carbocycles. The summed E-state index contributed by atoms with van der Waals surface area (Å²) in [6.45, 7) is 5.48. The second-order valence-corrected chi connectivity index (χ2v) is 7.28. The molecule has 4 rings (SSSR count). The van der Waals surface area contributed by atoms with Crippen molar-refractivity contribution < 1.29 is 19.1 Å². The van der Waals surface area contributed by atoms with Crippen molar-refractivity contribution in [2.24, 2.45) is 0 Å². The standard InChI is InChI=1S/C20H24N4O4/c1-12(2)21-20(26)18-23-17(14-5-3-4-8-24(14)18)19(25)22-13-6-7-15-16(11-13)28-10-9-27-15/h6-7,11-12H,3-5,8-10H2,1-2H3,(H,21,26)(H,22,25). The zero-order valence-electron chi connectivity index (χ0n) is 16.1. The molecule has 0 saturated carbocycles. The number of benzene rings is 1. The van der Waals surface area contributed by atoms with Crippen LogP contribution in [-0.2, 0) is 13.0 Å². The van der Waals surface area contributed by atoms with Crippen molar-refractivity contribution >= 4 is 17.5 Å². The van der Waals surface area contributed by atoms with Crippen molar-refractivity contribution in [2.45, 2.75) is 45.7 Å². The van der Waals surface area contributed by atoms with Gasteiger partial charge in [-0.25, -0.2) is 4.98 Å². The SMILES string of the molecule is CC(C)NC(=O)c1nc(C(=O)Nc2ccc3c(c2)OCCO3)c2n1CCCC2. The zero-order valence-corrected chi connectivity index (χ0v) is 16.1. The Balaban J connectivity index is 1.60. The summed E-state index contributed by atoms with van der Waals surface area (Å²) in [6, 6.07) is 5.27. The minimum Gasteiger partial charge on any atom is -0.486 e. The quantitative estimate of drug-likeness (QED) is 0.844. The number of amides is 2. The minimum atomic E-state index is -0.328. The summed E-state index contributed by atoms with van der Waals surface area (Å²) in [6.07, 6.45) is 2.67. The van der Waals surface area contributed by atoms with E-state index in [9.17, 15) is 9.59 Å². The Morgan fingerprint density at radius 3 is 2.68 bits per heavy atom. The summed E-state index contributed by atoms with van der Waals surface area (Å²) < 4.78 is 12.9. The largest absolute Gasteiger partial charge is 0.486 e. The fourth-order valence-electron chi connectivity index (χ4n) is 3.54. The number of fused-ring (bicyclic) bond motifs is 2. The maximum atomic E-state index is 12.9. The number of rotatable bonds is 4. The first-order valence-corrected chi connectivity index (χ1v) is 9.64. The molecule has 8 nitrogen and oxygen atoms in total. The van der Waals surface area contributed by atoms with Crippen molar-refractivity contribution in [2.75, 3.05) is 18.5 Å². The smallest absolute Gasteiger partial charge is 0.287 e. The maximum Gasteiger partial charge on any atom is 0.287 e. The van der Waals surface area contributed by atoms with Gasteiger partial charge in [0, 0.05) is 24.3 Å². The third-order valence-electron chi connectivity index (χ3n) is 4.76. The molecule has 8 heteroatoms. The fraction of sp³-hybridized carbons (Fsp3) is 0.450. The van der Waals surface area contributed by atoms with Crippen LogP contribution in [-0.4, -0.2) is 40.6 Å². The first-order valence-electron chi connectivity index (χ1n) is 9.64. The van der Waals surface area contributed by atoms with Crippen LogP contribution in [0, 0.1) is 0 Å². The van der Waals surface area contributed by atoms with Crippen LogP contribution < -0.4 is 20.1 Å². The van der Waals surface area contributed by atoms with E-state index < -0.39 is 0 Å². The molecule has 0 bridgehead atoms. The lowest BCUT2D eigenvalue weighted by molar-refractivity contribution is 0.0927. The van der Waals surface area contributed by atoms with Gasteiger partial charge in [-0.15, -0.1) is 0 Å². The Hall–Kier alpha value is -3.03. The monoisotopic (exact) mass is 384 g/mol. The molecule has 0 radical (unpaired) electrons. The molecule has 2 aliphatic rings. The fourth-order valence-corrected chi connectivity index (χ4v) is 3.54. The highest BCUT2D eigenvalue weighted by Crippen LogP contribution is 2.33. The van der Waals surface area contributed by atoms with Crippen LogP contribution >= 0.6 is 0 Å². The molecule has 3 heterocycles. The summed E-state index contributed by atoms with van der Waals surface area (Å²) in [4.78, 5) is 29.9. The van der Waals surface area contributed by atoms with Gasteiger partial charge >= 0.3 is 0 Å². The van der Waals surface area contributed by atoms with Crippen LogP contribution in [0.5, 0.6) is 11.5 Å². The van der Waals surface area contributed by atoms with Crippen LogP contribution in [0.15, 0.2) is 18.2 Å². The Kier molecular flexibility index (Phi) is 4.93. The molecule has 0 aliphatic carbocycles. The van der Waals surface area contributed by atoms with E-state index in [0.29, 0.717) is 48.5 Å². The van der Waals surface area contributed by atoms with Gasteiger partial charge in [-0.1, -0.05) is 0 Å². The van der Waals surface area contributed by atoms with Crippen molar-refractivity contribution in [3.05, 3.63) is 35.4 Å². The van der Waals surface area contributed by atoms with E-state index in [1.165, 1.54) is 0 Å². The molecule has 2 N–H and O–H groups in total. The number of aromatic nitrogens is 2. The average Bonchev–Trinajstić information content (AvgIpc) is 3.07. The van der Waals surface area contributed by atoms with Crippen molar-refractivity contribution in [3.8, 4) is 11.5 Å². The summed E-state index contributed by atoms with van der Waals surface area (Å²) in [5, 5.41) is 5.73. The van der Waals surface area contributed by atoms with Gasteiger partial charge in [-0.3, -0.25) is 9.59 Å². The number of nitrogens with zero attached hydrogens (tertiary/aromatic N) is 2. The molecule has 1 aromatic heterocycles. The summed E-state index contributed by atoms with van der Waals surface area (Å²) >= 11 is 0. The van der Waals surface area contributed by atoms with Gasteiger partial charge in [-0.05, 0) is 45.2 Å². The van der Waals surface area contributed by atoms with E-state index in [4.69, 9.17) is 9.47 Å². The number of ether oxygens (including phenoxy) is 2. The highest BCUT2D eigenvalue weighted by atomic mass is 16.6. The first kappa shape index (κ1) is 18.3. The molecular weight excluding hydrogens is 360 g/mol. The van der Waals surface area contributed by atoms with Gasteiger partial charge in [0.1, 0.15) is 13.2 Å². The van der Waals surface area contributed by atoms with E-state index in [1.54, 1.807) is 18.2 Å². The van der Waals surface area contributed by atoms with Crippen molar-refractivity contribution in [1.29, 1.82) is 0 Å². The van der Waals surface area contributed by atoms with Gasteiger partial charge < -0.3 is 24.7 Å². The Labute approximate surface area is 163 Å². The van der Waals surface area contributed by atoms with Crippen LogP contribution in [0.1, 0.15) is 53.5 Å². The number of hydrogen-bond donors (Lipinski definition) is 2. The van der Waals surface area contributed by atoms with E-state index in [1.807, 2.05) is 18.4 Å². The number of nitrogens with one attached hydrogen (secondary N) is 2. The normalized spacial score (nSPS) is 15.1. The topological polar surface area (TPSA) is 94.5 Å². The number of anilines is 1. The van der Waals surface area contributed by atoms with Gasteiger partial charge in [0.05, 0.1) is 5.69 Å². The zero-order chi connectivity index (χ0) is 19.7. The third kappa shape index (κ3) is 3.54. The molecule has 2 aliphatic heterocycles. The number of imidazole rings is 1. The van der Waals surface area contributed by atoms with Crippen LogP contribution in [0.2, 0.25) is 0 Å². The van der Waals surface area contributed by atoms with Crippen molar-refractivity contribution in [3.63, 3.8) is 0 Å². The molecule has 0 saturated heterocycles. The number of carbonyl (C=O) groups is 2. The lowest BCUT2D eigenvalue weighted by Crippen LogP contribution is -2.33. The predicted molar refractivity (Wildman–Crippen MR) is 103 cm³/mol. The summed E-state index contributed by atoms with van der Waals surface area (Å²) in [5.41, 5.74) is 1.72. The molecular formula is C20H24N4O4. The van der Waals surface area contributed by atoms with Gasteiger partial charge in [0.2, 0.25) is 0 Å². The van der Waals surface area contributed by atoms with E-state index in [0.717, 1.165) is 25.0 Å². The first-order chi connectivity index (χ1) is 13.5. The highest BCUT2D eigenvalue weighted by molar-refractivity contribution is 6.05. The second kappa shape index (κ2) is 7.53.